The highest BCUT2D eigenvalue weighted by atomic mass is 16.5. The Balaban J connectivity index is 1.32. The molecular formula is C33H38N2O5. The first-order valence-corrected chi connectivity index (χ1v) is 14.2. The van der Waals surface area contributed by atoms with E-state index in [2.05, 4.69) is 36.6 Å². The molecule has 1 saturated heterocycles. The van der Waals surface area contributed by atoms with Gasteiger partial charge in [0, 0.05) is 37.1 Å². The normalized spacial score (nSPS) is 28.0. The molecular weight excluding hydrogens is 504 g/mol. The second kappa shape index (κ2) is 10.1. The van der Waals surface area contributed by atoms with E-state index >= 15 is 0 Å². The van der Waals surface area contributed by atoms with Crippen LogP contribution in [0.25, 0.3) is 6.08 Å². The third-order valence-electron chi connectivity index (χ3n) is 9.58. The Morgan fingerprint density at radius 1 is 1.25 bits per heavy atom. The van der Waals surface area contributed by atoms with E-state index in [1.54, 1.807) is 13.2 Å². The predicted molar refractivity (Wildman–Crippen MR) is 153 cm³/mol. The molecule has 2 bridgehead atoms. The smallest absolute Gasteiger partial charge is 0.307 e. The van der Waals surface area contributed by atoms with Crippen LogP contribution < -0.4 is 9.47 Å². The van der Waals surface area contributed by atoms with Gasteiger partial charge in [-0.2, -0.15) is 0 Å². The molecule has 2 aromatic carbocycles. The number of carbonyl (C=O) groups is 2. The number of nitrogens with zero attached hydrogens (tertiary/aromatic N) is 2. The number of ether oxygens (including phenoxy) is 3. The molecule has 2 heterocycles. The molecule has 0 unspecified atom stereocenters. The quantitative estimate of drug-likeness (QED) is 0.288. The molecule has 2 aliphatic carbocycles. The SMILES string of the molecule is C=C(CN1CC[C@]23c4c5ccc(OC)c4O[C@H]2[C@H](N(C)C(=O)C=Cc2cccc(C)c2)CC[C@H]3[C@H]1C5)OC(C)=O. The summed E-state index contributed by atoms with van der Waals surface area (Å²) in [6.07, 6.45) is 7.07. The maximum Gasteiger partial charge on any atom is 0.307 e. The van der Waals surface area contributed by atoms with Gasteiger partial charge >= 0.3 is 5.97 Å². The summed E-state index contributed by atoms with van der Waals surface area (Å²) in [6.45, 7) is 8.85. The van der Waals surface area contributed by atoms with Crippen LogP contribution in [0.2, 0.25) is 0 Å². The van der Waals surface area contributed by atoms with Gasteiger partial charge in [-0.3, -0.25) is 14.5 Å². The molecule has 2 aliphatic heterocycles. The zero-order chi connectivity index (χ0) is 28.2. The van der Waals surface area contributed by atoms with Crippen molar-refractivity contribution in [1.82, 2.24) is 9.80 Å². The van der Waals surface area contributed by atoms with E-state index in [-0.39, 0.29) is 35.5 Å². The lowest BCUT2D eigenvalue weighted by atomic mass is 9.51. The number of esters is 1. The van der Waals surface area contributed by atoms with Crippen LogP contribution in [0.15, 0.2) is 54.8 Å². The topological polar surface area (TPSA) is 68.3 Å². The lowest BCUT2D eigenvalue weighted by Crippen LogP contribution is -2.69. The number of piperidine rings is 1. The van der Waals surface area contributed by atoms with Crippen molar-refractivity contribution in [2.45, 2.75) is 63.1 Å². The maximum atomic E-state index is 13.5. The summed E-state index contributed by atoms with van der Waals surface area (Å²) < 4.78 is 18.0. The van der Waals surface area contributed by atoms with Crippen molar-refractivity contribution in [3.8, 4) is 11.5 Å². The molecule has 0 N–H and O–H groups in total. The molecule has 1 spiro atoms. The van der Waals surface area contributed by atoms with E-state index in [0.29, 0.717) is 18.2 Å². The van der Waals surface area contributed by atoms with E-state index in [1.807, 2.05) is 36.2 Å². The Labute approximate surface area is 236 Å². The van der Waals surface area contributed by atoms with Gasteiger partial charge in [-0.15, -0.1) is 0 Å². The van der Waals surface area contributed by atoms with Gasteiger partial charge in [0.15, 0.2) is 11.5 Å². The standard InChI is InChI=1S/C33H38N2O5/c1-20-7-6-8-23(17-20)9-14-29(37)34(4)26-12-11-25-27-18-24-10-13-28(38-5)31-30(24)33(25,32(26)40-31)15-16-35(27)19-21(2)39-22(3)36/h6-10,13-14,17,25-27,32H,2,11-12,15-16,18-19H2,1,3-5H3/t25-,26+,27+,32-,33-/m0/s1. The van der Waals surface area contributed by atoms with Crippen molar-refractivity contribution >= 4 is 18.0 Å². The van der Waals surface area contributed by atoms with Crippen LogP contribution >= 0.6 is 0 Å². The average Bonchev–Trinajstić information content (AvgIpc) is 3.27. The number of aryl methyl sites for hydroxylation is 1. The molecule has 6 rings (SSSR count). The largest absolute Gasteiger partial charge is 0.493 e. The van der Waals surface area contributed by atoms with Crippen molar-refractivity contribution in [3.63, 3.8) is 0 Å². The van der Waals surface area contributed by atoms with Gasteiger partial charge in [0.1, 0.15) is 11.9 Å². The summed E-state index contributed by atoms with van der Waals surface area (Å²) in [5.41, 5.74) is 4.56. The minimum atomic E-state index is -0.335. The van der Waals surface area contributed by atoms with Crippen LogP contribution in [0.1, 0.15) is 48.4 Å². The predicted octanol–water partition coefficient (Wildman–Crippen LogP) is 4.66. The fourth-order valence-corrected chi connectivity index (χ4v) is 8.03. The van der Waals surface area contributed by atoms with E-state index in [4.69, 9.17) is 14.2 Å². The van der Waals surface area contributed by atoms with Gasteiger partial charge in [-0.1, -0.05) is 42.5 Å². The summed E-state index contributed by atoms with van der Waals surface area (Å²) in [7, 11) is 3.60. The number of hydrogen-bond donors (Lipinski definition) is 0. The van der Waals surface area contributed by atoms with Crippen LogP contribution in [0.5, 0.6) is 11.5 Å². The molecule has 40 heavy (non-hydrogen) atoms. The van der Waals surface area contributed by atoms with Crippen LogP contribution in [0, 0.1) is 12.8 Å². The third kappa shape index (κ3) is 4.22. The fourth-order valence-electron chi connectivity index (χ4n) is 8.03. The molecule has 210 valence electrons. The zero-order valence-corrected chi connectivity index (χ0v) is 23.8. The van der Waals surface area contributed by atoms with Gasteiger partial charge in [-0.05, 0) is 68.3 Å². The molecule has 0 aromatic heterocycles. The highest BCUT2D eigenvalue weighted by molar-refractivity contribution is 5.92. The number of benzene rings is 2. The molecule has 4 aliphatic rings. The molecule has 2 aromatic rings. The number of likely N-dealkylation sites (tertiary alicyclic amines) is 1. The number of carbonyl (C=O) groups excluding carboxylic acids is 2. The van der Waals surface area contributed by atoms with Gasteiger partial charge < -0.3 is 19.1 Å². The van der Waals surface area contributed by atoms with Crippen molar-refractivity contribution in [1.29, 1.82) is 0 Å². The Hall–Kier alpha value is -3.58. The number of amides is 1. The Kier molecular flexibility index (Phi) is 6.73. The minimum absolute atomic E-state index is 0.0180. The summed E-state index contributed by atoms with van der Waals surface area (Å²) in [6, 6.07) is 12.6. The molecule has 2 fully saturated rings. The lowest BCUT2D eigenvalue weighted by Gasteiger charge is -2.60. The van der Waals surface area contributed by atoms with Crippen LogP contribution in [-0.4, -0.2) is 67.1 Å². The Morgan fingerprint density at radius 2 is 2.08 bits per heavy atom. The highest BCUT2D eigenvalue weighted by Gasteiger charge is 2.66. The third-order valence-corrected chi connectivity index (χ3v) is 9.58. The summed E-state index contributed by atoms with van der Waals surface area (Å²) >= 11 is 0. The first-order chi connectivity index (χ1) is 19.2. The Bertz CT molecular complexity index is 1400. The van der Waals surface area contributed by atoms with Gasteiger partial charge in [0.25, 0.3) is 0 Å². The van der Waals surface area contributed by atoms with E-state index in [0.717, 1.165) is 54.9 Å². The first kappa shape index (κ1) is 26.6. The van der Waals surface area contributed by atoms with Gasteiger partial charge in [0.2, 0.25) is 5.91 Å². The van der Waals surface area contributed by atoms with Crippen LogP contribution in [0.3, 0.4) is 0 Å². The van der Waals surface area contributed by atoms with Crippen molar-refractivity contribution < 1.29 is 23.8 Å². The fraction of sp³-hybridized carbons (Fsp3) is 0.455. The Morgan fingerprint density at radius 3 is 2.83 bits per heavy atom. The van der Waals surface area contributed by atoms with Crippen molar-refractivity contribution in [2.24, 2.45) is 5.92 Å². The first-order valence-electron chi connectivity index (χ1n) is 14.2. The van der Waals surface area contributed by atoms with E-state index < -0.39 is 0 Å². The molecule has 7 heteroatoms. The minimum Gasteiger partial charge on any atom is -0.493 e. The second-order valence-electron chi connectivity index (χ2n) is 11.8. The van der Waals surface area contributed by atoms with Gasteiger partial charge in [0.05, 0.1) is 19.7 Å². The maximum absolute atomic E-state index is 13.5. The lowest BCUT2D eigenvalue weighted by molar-refractivity contribution is -0.139. The number of hydrogen-bond acceptors (Lipinski definition) is 6. The molecule has 1 amide bonds. The van der Waals surface area contributed by atoms with Crippen LogP contribution in [-0.2, 0) is 26.2 Å². The zero-order valence-electron chi connectivity index (χ0n) is 23.8. The van der Waals surface area contributed by atoms with Gasteiger partial charge in [-0.25, -0.2) is 0 Å². The summed E-state index contributed by atoms with van der Waals surface area (Å²) in [4.78, 5) is 29.3. The van der Waals surface area contributed by atoms with Crippen LogP contribution in [0.4, 0.5) is 0 Å². The van der Waals surface area contributed by atoms with Crippen molar-refractivity contribution in [2.75, 3.05) is 27.2 Å². The monoisotopic (exact) mass is 542 g/mol. The summed E-state index contributed by atoms with van der Waals surface area (Å²) in [5, 5.41) is 0. The van der Waals surface area contributed by atoms with E-state index in [1.165, 1.54) is 18.1 Å². The summed E-state index contributed by atoms with van der Waals surface area (Å²) in [5.74, 6) is 2.11. The molecule has 5 atom stereocenters. The van der Waals surface area contributed by atoms with Crippen molar-refractivity contribution in [3.05, 3.63) is 77.1 Å². The molecule has 0 radical (unpaired) electrons. The molecule has 1 saturated carbocycles. The van der Waals surface area contributed by atoms with E-state index in [9.17, 15) is 9.59 Å². The average molecular weight is 543 g/mol. The number of methoxy groups -OCH3 is 1. The highest BCUT2D eigenvalue weighted by Crippen LogP contribution is 2.64. The molecule has 7 nitrogen and oxygen atoms in total. The second-order valence-corrected chi connectivity index (χ2v) is 11.8. The number of likely N-dealkylation sites (N-methyl/N-ethyl adjacent to an activating group) is 1. The number of rotatable bonds is 7.